The van der Waals surface area contributed by atoms with Crippen LogP contribution in [-0.4, -0.2) is 36.3 Å². The lowest BCUT2D eigenvalue weighted by atomic mass is 10.1. The molecule has 2 aliphatic rings. The van der Waals surface area contributed by atoms with E-state index in [4.69, 9.17) is 10.5 Å². The summed E-state index contributed by atoms with van der Waals surface area (Å²) in [6.45, 7) is 3.77. The molecule has 0 radical (unpaired) electrons. The van der Waals surface area contributed by atoms with E-state index in [1.54, 1.807) is 18.9 Å². The first-order valence-electron chi connectivity index (χ1n) is 7.86. The smallest absolute Gasteiger partial charge is 0.199 e. The number of Topliss-reactive ketones (excluding diaryl/α,β-unsaturated/α-hetero) is 1. The maximum absolute atomic E-state index is 12.7. The third kappa shape index (κ3) is 3.16. The molecule has 1 aromatic carbocycles. The Morgan fingerprint density at radius 2 is 2.04 bits per heavy atom. The fraction of sp³-hybridized carbons (Fsp3) is 0.389. The normalized spacial score (nSPS) is 22.7. The lowest BCUT2D eigenvalue weighted by Gasteiger charge is -2.27. The molecule has 0 saturated heterocycles. The summed E-state index contributed by atoms with van der Waals surface area (Å²) in [4.78, 5) is 15.9. The highest BCUT2D eigenvalue weighted by Crippen LogP contribution is 2.46. The molecular formula is C18H22N2O2S. The Kier molecular flexibility index (Phi) is 4.78. The van der Waals surface area contributed by atoms with E-state index < -0.39 is 0 Å². The fourth-order valence-corrected chi connectivity index (χ4v) is 4.49. The van der Waals surface area contributed by atoms with Gasteiger partial charge in [0.05, 0.1) is 17.4 Å². The molecule has 1 aromatic rings. The molecule has 5 heteroatoms. The highest BCUT2D eigenvalue weighted by atomic mass is 32.2. The summed E-state index contributed by atoms with van der Waals surface area (Å²) in [5.41, 5.74) is 7.63. The Labute approximate surface area is 141 Å². The third-order valence-electron chi connectivity index (χ3n) is 4.29. The van der Waals surface area contributed by atoms with Crippen LogP contribution in [-0.2, 0) is 0 Å². The van der Waals surface area contributed by atoms with Crippen molar-refractivity contribution in [3.63, 3.8) is 0 Å². The number of methoxy groups -OCH3 is 1. The highest BCUT2D eigenvalue weighted by molar-refractivity contribution is 8.04. The van der Waals surface area contributed by atoms with Crippen molar-refractivity contribution >= 4 is 17.5 Å². The van der Waals surface area contributed by atoms with Crippen LogP contribution in [0.5, 0.6) is 5.75 Å². The maximum Gasteiger partial charge on any atom is 0.199 e. The number of fused-ring (bicyclic) bond motifs is 1. The molecule has 0 fully saturated rings. The molecule has 2 N–H and O–H groups in total. The van der Waals surface area contributed by atoms with E-state index in [2.05, 4.69) is 24.0 Å². The number of allylic oxidation sites excluding steroid dienone is 2. The van der Waals surface area contributed by atoms with Gasteiger partial charge >= 0.3 is 0 Å². The standard InChI is InChI=1S/C18H22N2O2S/c1-12-10-14-11-16(23-18(14)20(12)9-3-8-19)17(21)13-4-6-15(22-2)7-5-13/h4-7,10-11,14,18H,3,8-9,19H2,1-2H3. The fourth-order valence-electron chi connectivity index (χ4n) is 3.06. The van der Waals surface area contributed by atoms with Crippen LogP contribution in [0, 0.1) is 5.92 Å². The number of nitrogens with zero attached hydrogens (tertiary/aromatic N) is 1. The SMILES string of the molecule is COc1ccc(C(=O)C2=CC3C=C(C)N(CCCN)C3S2)cc1. The van der Waals surface area contributed by atoms with Crippen LogP contribution >= 0.6 is 11.8 Å². The number of nitrogens with two attached hydrogens (primary N) is 1. The van der Waals surface area contributed by atoms with Crippen molar-refractivity contribution in [1.29, 1.82) is 0 Å². The van der Waals surface area contributed by atoms with E-state index in [0.29, 0.717) is 23.4 Å². The summed E-state index contributed by atoms with van der Waals surface area (Å²) in [6.07, 6.45) is 5.33. The minimum absolute atomic E-state index is 0.0943. The van der Waals surface area contributed by atoms with Gasteiger partial charge in [0.25, 0.3) is 0 Å². The number of thioether (sulfide) groups is 1. The first-order valence-corrected chi connectivity index (χ1v) is 8.74. The summed E-state index contributed by atoms with van der Waals surface area (Å²) in [5, 5.41) is 0.304. The number of hydrogen-bond acceptors (Lipinski definition) is 5. The Morgan fingerprint density at radius 3 is 2.70 bits per heavy atom. The van der Waals surface area contributed by atoms with Gasteiger partial charge in [-0.25, -0.2) is 0 Å². The number of ketones is 1. The first-order chi connectivity index (χ1) is 11.1. The van der Waals surface area contributed by atoms with Gasteiger partial charge in [-0.2, -0.15) is 0 Å². The van der Waals surface area contributed by atoms with E-state index in [1.165, 1.54) is 5.70 Å². The van der Waals surface area contributed by atoms with Gasteiger partial charge in [-0.15, -0.1) is 0 Å². The second-order valence-electron chi connectivity index (χ2n) is 5.82. The van der Waals surface area contributed by atoms with Gasteiger partial charge in [0.2, 0.25) is 0 Å². The van der Waals surface area contributed by atoms with Crippen molar-refractivity contribution in [3.05, 3.63) is 52.6 Å². The van der Waals surface area contributed by atoms with Crippen LogP contribution in [0.15, 0.2) is 47.0 Å². The highest BCUT2D eigenvalue weighted by Gasteiger charge is 2.38. The average molecular weight is 330 g/mol. The molecule has 0 bridgehead atoms. The summed E-state index contributed by atoms with van der Waals surface area (Å²) in [6, 6.07) is 7.30. The van der Waals surface area contributed by atoms with Gasteiger partial charge in [0.1, 0.15) is 5.75 Å². The van der Waals surface area contributed by atoms with Gasteiger partial charge in [0, 0.05) is 23.7 Å². The van der Waals surface area contributed by atoms with Crippen molar-refractivity contribution in [3.8, 4) is 5.75 Å². The number of carbonyl (C=O) groups is 1. The van der Waals surface area contributed by atoms with Gasteiger partial charge in [-0.05, 0) is 44.2 Å². The van der Waals surface area contributed by atoms with Crippen molar-refractivity contribution < 1.29 is 9.53 Å². The number of rotatable bonds is 6. The van der Waals surface area contributed by atoms with E-state index in [0.717, 1.165) is 23.6 Å². The van der Waals surface area contributed by atoms with E-state index in [1.807, 2.05) is 24.3 Å². The van der Waals surface area contributed by atoms with Crippen molar-refractivity contribution in [2.45, 2.75) is 18.7 Å². The van der Waals surface area contributed by atoms with Crippen LogP contribution in [0.25, 0.3) is 0 Å². The van der Waals surface area contributed by atoms with Gasteiger partial charge in [0.15, 0.2) is 5.78 Å². The van der Waals surface area contributed by atoms with E-state index in [-0.39, 0.29) is 5.78 Å². The second kappa shape index (κ2) is 6.81. The molecule has 0 spiro atoms. The van der Waals surface area contributed by atoms with Crippen molar-refractivity contribution in [2.75, 3.05) is 20.2 Å². The average Bonchev–Trinajstić information content (AvgIpc) is 3.10. The minimum atomic E-state index is 0.0943. The molecule has 0 amide bonds. The number of ether oxygens (including phenoxy) is 1. The molecule has 4 nitrogen and oxygen atoms in total. The monoisotopic (exact) mass is 330 g/mol. The Balaban J connectivity index is 1.73. The predicted octanol–water partition coefficient (Wildman–Crippen LogP) is 3.02. The lowest BCUT2D eigenvalue weighted by Crippen LogP contribution is -2.30. The Hall–Kier alpha value is -1.72. The molecule has 0 saturated carbocycles. The Morgan fingerprint density at radius 1 is 1.30 bits per heavy atom. The van der Waals surface area contributed by atoms with E-state index >= 15 is 0 Å². The number of carbonyl (C=O) groups excluding carboxylic acids is 1. The molecular weight excluding hydrogens is 308 g/mol. The Bertz CT molecular complexity index is 651. The molecule has 2 atom stereocenters. The van der Waals surface area contributed by atoms with Crippen LogP contribution in [0.2, 0.25) is 0 Å². The van der Waals surface area contributed by atoms with Crippen molar-refractivity contribution in [2.24, 2.45) is 11.7 Å². The molecule has 3 rings (SSSR count). The predicted molar refractivity (Wildman–Crippen MR) is 94.4 cm³/mol. The summed E-state index contributed by atoms with van der Waals surface area (Å²) in [7, 11) is 1.62. The summed E-state index contributed by atoms with van der Waals surface area (Å²) in [5.74, 6) is 1.17. The zero-order chi connectivity index (χ0) is 16.4. The summed E-state index contributed by atoms with van der Waals surface area (Å²) >= 11 is 1.67. The van der Waals surface area contributed by atoms with Gasteiger partial charge < -0.3 is 15.4 Å². The molecule has 122 valence electrons. The van der Waals surface area contributed by atoms with Crippen molar-refractivity contribution in [1.82, 2.24) is 4.90 Å². The molecule has 2 aliphatic heterocycles. The largest absolute Gasteiger partial charge is 0.497 e. The quantitative estimate of drug-likeness (QED) is 0.813. The summed E-state index contributed by atoms with van der Waals surface area (Å²) < 4.78 is 5.14. The molecule has 23 heavy (non-hydrogen) atoms. The van der Waals surface area contributed by atoms with Gasteiger partial charge in [-0.1, -0.05) is 23.9 Å². The van der Waals surface area contributed by atoms with E-state index in [9.17, 15) is 4.79 Å². The maximum atomic E-state index is 12.7. The molecule has 0 aliphatic carbocycles. The lowest BCUT2D eigenvalue weighted by molar-refractivity contribution is 0.104. The van der Waals surface area contributed by atoms with Crippen LogP contribution < -0.4 is 10.5 Å². The first kappa shape index (κ1) is 16.1. The number of hydrogen-bond donors (Lipinski definition) is 1. The van der Waals surface area contributed by atoms with Crippen LogP contribution in [0.1, 0.15) is 23.7 Å². The molecule has 2 heterocycles. The number of benzene rings is 1. The van der Waals surface area contributed by atoms with Crippen LogP contribution in [0.3, 0.4) is 0 Å². The second-order valence-corrected chi connectivity index (χ2v) is 6.98. The molecule has 0 aromatic heterocycles. The molecule has 2 unspecified atom stereocenters. The third-order valence-corrected chi connectivity index (χ3v) is 5.68. The zero-order valence-electron chi connectivity index (χ0n) is 13.5. The van der Waals surface area contributed by atoms with Crippen LogP contribution in [0.4, 0.5) is 0 Å². The minimum Gasteiger partial charge on any atom is -0.497 e. The topological polar surface area (TPSA) is 55.6 Å². The zero-order valence-corrected chi connectivity index (χ0v) is 14.3. The van der Waals surface area contributed by atoms with Gasteiger partial charge in [-0.3, -0.25) is 4.79 Å².